The van der Waals surface area contributed by atoms with Crippen LogP contribution in [-0.4, -0.2) is 23.2 Å². The van der Waals surface area contributed by atoms with E-state index < -0.39 is 0 Å². The summed E-state index contributed by atoms with van der Waals surface area (Å²) in [5, 5.41) is 3.65. The highest BCUT2D eigenvalue weighted by molar-refractivity contribution is 5.62. The minimum atomic E-state index is 0.369. The molecule has 2 atom stereocenters. The molecule has 0 saturated carbocycles. The molecule has 3 heteroatoms. The zero-order valence-electron chi connectivity index (χ0n) is 12.0. The quantitative estimate of drug-likeness (QED) is 0.935. The Bertz CT molecular complexity index is 584. The molecule has 0 aliphatic carbocycles. The number of piperidine rings is 1. The predicted octanol–water partition coefficient (Wildman–Crippen LogP) is 3.41. The molecule has 108 valence electrons. The molecular formula is C18H20N2O. The van der Waals surface area contributed by atoms with Crippen molar-refractivity contribution in [3.63, 3.8) is 0 Å². The van der Waals surface area contributed by atoms with Crippen LogP contribution in [0.25, 0.3) is 11.1 Å². The Hall–Kier alpha value is -1.87. The molecule has 1 aromatic heterocycles. The van der Waals surface area contributed by atoms with Crippen LogP contribution in [0.4, 0.5) is 0 Å². The normalized spacial score (nSPS) is 27.5. The molecule has 2 aliphatic rings. The first kappa shape index (κ1) is 12.8. The third kappa shape index (κ3) is 2.79. The Kier molecular flexibility index (Phi) is 3.36. The lowest BCUT2D eigenvalue weighted by Gasteiger charge is -2.29. The van der Waals surface area contributed by atoms with Gasteiger partial charge in [-0.3, -0.25) is 4.98 Å². The summed E-state index contributed by atoms with van der Waals surface area (Å²) in [6.45, 7) is 0. The van der Waals surface area contributed by atoms with E-state index in [0.29, 0.717) is 18.2 Å². The van der Waals surface area contributed by atoms with Gasteiger partial charge in [0.1, 0.15) is 11.9 Å². The predicted molar refractivity (Wildman–Crippen MR) is 83.3 cm³/mol. The van der Waals surface area contributed by atoms with Crippen LogP contribution in [0.1, 0.15) is 25.7 Å². The van der Waals surface area contributed by atoms with E-state index in [-0.39, 0.29) is 0 Å². The highest BCUT2D eigenvalue weighted by atomic mass is 16.5. The Labute approximate surface area is 125 Å². The van der Waals surface area contributed by atoms with Gasteiger partial charge in [0, 0.05) is 24.5 Å². The van der Waals surface area contributed by atoms with Crippen LogP contribution in [0.3, 0.4) is 0 Å². The van der Waals surface area contributed by atoms with Gasteiger partial charge in [-0.25, -0.2) is 0 Å². The van der Waals surface area contributed by atoms with E-state index >= 15 is 0 Å². The molecule has 1 aromatic carbocycles. The van der Waals surface area contributed by atoms with E-state index in [4.69, 9.17) is 4.74 Å². The van der Waals surface area contributed by atoms with Crippen molar-refractivity contribution in [2.45, 2.75) is 43.9 Å². The third-order valence-corrected chi connectivity index (χ3v) is 4.58. The summed E-state index contributed by atoms with van der Waals surface area (Å²) in [7, 11) is 0. The topological polar surface area (TPSA) is 34.1 Å². The zero-order valence-corrected chi connectivity index (χ0v) is 12.0. The molecule has 3 nitrogen and oxygen atoms in total. The van der Waals surface area contributed by atoms with Crippen LogP contribution in [0.2, 0.25) is 0 Å². The lowest BCUT2D eigenvalue weighted by Crippen LogP contribution is -2.42. The second kappa shape index (κ2) is 5.49. The number of hydrogen-bond donors (Lipinski definition) is 1. The van der Waals surface area contributed by atoms with Crippen LogP contribution in [0.5, 0.6) is 5.75 Å². The number of nitrogens with one attached hydrogen (secondary N) is 1. The van der Waals surface area contributed by atoms with E-state index in [9.17, 15) is 0 Å². The van der Waals surface area contributed by atoms with Gasteiger partial charge in [-0.2, -0.15) is 0 Å². The Morgan fingerprint density at radius 1 is 0.952 bits per heavy atom. The number of pyridine rings is 1. The monoisotopic (exact) mass is 280 g/mol. The number of ether oxygens (including phenoxy) is 1. The van der Waals surface area contributed by atoms with Gasteiger partial charge in [0.25, 0.3) is 0 Å². The SMILES string of the molecule is c1cncc(-c2ccc(OC3CC4CCC(C3)N4)cc2)c1. The summed E-state index contributed by atoms with van der Waals surface area (Å²) in [5.41, 5.74) is 2.32. The van der Waals surface area contributed by atoms with Crippen LogP contribution in [-0.2, 0) is 0 Å². The van der Waals surface area contributed by atoms with E-state index in [1.54, 1.807) is 6.20 Å². The van der Waals surface area contributed by atoms with Crippen LogP contribution >= 0.6 is 0 Å². The lowest BCUT2D eigenvalue weighted by atomic mass is 10.0. The Balaban J connectivity index is 1.45. The van der Waals surface area contributed by atoms with Crippen molar-refractivity contribution in [3.05, 3.63) is 48.8 Å². The van der Waals surface area contributed by atoms with Gasteiger partial charge in [0.2, 0.25) is 0 Å². The molecule has 0 amide bonds. The molecule has 4 rings (SSSR count). The van der Waals surface area contributed by atoms with E-state index in [2.05, 4.69) is 40.6 Å². The minimum absolute atomic E-state index is 0.369. The van der Waals surface area contributed by atoms with Gasteiger partial charge in [-0.15, -0.1) is 0 Å². The molecule has 0 spiro atoms. The first-order chi connectivity index (χ1) is 10.4. The number of benzene rings is 1. The number of aromatic nitrogens is 1. The average Bonchev–Trinajstić information content (AvgIpc) is 2.88. The van der Waals surface area contributed by atoms with Crippen molar-refractivity contribution in [3.8, 4) is 16.9 Å². The Morgan fingerprint density at radius 2 is 1.71 bits per heavy atom. The van der Waals surface area contributed by atoms with Gasteiger partial charge in [-0.05, 0) is 55.0 Å². The summed E-state index contributed by atoms with van der Waals surface area (Å²) in [6.07, 6.45) is 8.96. The number of rotatable bonds is 3. The first-order valence-corrected chi connectivity index (χ1v) is 7.80. The molecule has 2 aromatic rings. The van der Waals surface area contributed by atoms with Gasteiger partial charge in [0.15, 0.2) is 0 Å². The summed E-state index contributed by atoms with van der Waals surface area (Å²) in [5.74, 6) is 0.981. The van der Waals surface area contributed by atoms with Crippen molar-refractivity contribution < 1.29 is 4.74 Å². The maximum atomic E-state index is 6.17. The second-order valence-corrected chi connectivity index (χ2v) is 6.12. The lowest BCUT2D eigenvalue weighted by molar-refractivity contribution is 0.137. The molecule has 2 fully saturated rings. The molecular weight excluding hydrogens is 260 g/mol. The highest BCUT2D eigenvalue weighted by Gasteiger charge is 2.34. The molecule has 1 N–H and O–H groups in total. The summed E-state index contributed by atoms with van der Waals surface area (Å²) >= 11 is 0. The van der Waals surface area contributed by atoms with Gasteiger partial charge in [0.05, 0.1) is 0 Å². The Morgan fingerprint density at radius 3 is 2.38 bits per heavy atom. The van der Waals surface area contributed by atoms with Crippen molar-refractivity contribution in [1.29, 1.82) is 0 Å². The number of fused-ring (bicyclic) bond motifs is 2. The zero-order chi connectivity index (χ0) is 14.1. The van der Waals surface area contributed by atoms with Gasteiger partial charge in [-0.1, -0.05) is 18.2 Å². The molecule has 2 unspecified atom stereocenters. The van der Waals surface area contributed by atoms with E-state index in [0.717, 1.165) is 24.2 Å². The molecule has 2 aliphatic heterocycles. The first-order valence-electron chi connectivity index (χ1n) is 7.80. The molecule has 21 heavy (non-hydrogen) atoms. The van der Waals surface area contributed by atoms with E-state index in [1.807, 2.05) is 12.3 Å². The third-order valence-electron chi connectivity index (χ3n) is 4.58. The largest absolute Gasteiger partial charge is 0.490 e. The maximum Gasteiger partial charge on any atom is 0.119 e. The van der Waals surface area contributed by atoms with E-state index in [1.165, 1.54) is 18.4 Å². The average molecular weight is 280 g/mol. The van der Waals surface area contributed by atoms with Crippen molar-refractivity contribution in [1.82, 2.24) is 10.3 Å². The summed E-state index contributed by atoms with van der Waals surface area (Å²) < 4.78 is 6.17. The molecule has 2 saturated heterocycles. The fraction of sp³-hybridized carbons (Fsp3) is 0.389. The summed E-state index contributed by atoms with van der Waals surface area (Å²) in [6, 6.07) is 13.8. The number of hydrogen-bond acceptors (Lipinski definition) is 3. The fourth-order valence-electron chi connectivity index (χ4n) is 3.55. The molecule has 0 radical (unpaired) electrons. The fourth-order valence-corrected chi connectivity index (χ4v) is 3.55. The smallest absolute Gasteiger partial charge is 0.119 e. The van der Waals surface area contributed by atoms with Crippen LogP contribution in [0, 0.1) is 0 Å². The standard InChI is InChI=1S/C18H20N2O/c1-2-14(12-19-9-1)13-3-7-17(8-4-13)21-18-10-15-5-6-16(11-18)20-15/h1-4,7-9,12,15-16,18,20H,5-6,10-11H2. The highest BCUT2D eigenvalue weighted by Crippen LogP contribution is 2.30. The van der Waals surface area contributed by atoms with Crippen molar-refractivity contribution in [2.24, 2.45) is 0 Å². The second-order valence-electron chi connectivity index (χ2n) is 6.12. The van der Waals surface area contributed by atoms with Crippen molar-refractivity contribution in [2.75, 3.05) is 0 Å². The van der Waals surface area contributed by atoms with Gasteiger partial charge >= 0.3 is 0 Å². The van der Waals surface area contributed by atoms with Crippen LogP contribution < -0.4 is 10.1 Å². The molecule has 3 heterocycles. The minimum Gasteiger partial charge on any atom is -0.490 e. The molecule has 2 bridgehead atoms. The summed E-state index contributed by atoms with van der Waals surface area (Å²) in [4.78, 5) is 4.16. The van der Waals surface area contributed by atoms with Crippen molar-refractivity contribution >= 4 is 0 Å². The van der Waals surface area contributed by atoms with Crippen LogP contribution in [0.15, 0.2) is 48.8 Å². The van der Waals surface area contributed by atoms with Gasteiger partial charge < -0.3 is 10.1 Å². The maximum absolute atomic E-state index is 6.17. The number of nitrogens with zero attached hydrogens (tertiary/aromatic N) is 1.